The molecule has 0 aliphatic heterocycles. The summed E-state index contributed by atoms with van der Waals surface area (Å²) < 4.78 is 1.68. The minimum absolute atomic E-state index is 0.184. The Morgan fingerprint density at radius 3 is 2.38 bits per heavy atom. The fourth-order valence-corrected chi connectivity index (χ4v) is 2.28. The molecule has 0 spiro atoms. The monoisotopic (exact) mass is 349 g/mol. The Morgan fingerprint density at radius 2 is 1.88 bits per heavy atom. The number of nitrogens with zero attached hydrogens (tertiary/aromatic N) is 3. The maximum absolute atomic E-state index is 12.7. The van der Waals surface area contributed by atoms with Gasteiger partial charge < -0.3 is 10.0 Å². The predicted octanol–water partition coefficient (Wildman–Crippen LogP) is 3.02. The van der Waals surface area contributed by atoms with Crippen molar-refractivity contribution in [1.82, 2.24) is 14.7 Å². The first-order valence-corrected chi connectivity index (χ1v) is 7.85. The topological polar surface area (TPSA) is 75.4 Å². The van der Waals surface area contributed by atoms with E-state index in [0.29, 0.717) is 10.6 Å². The van der Waals surface area contributed by atoms with Gasteiger partial charge in [-0.3, -0.25) is 14.3 Å². The van der Waals surface area contributed by atoms with Gasteiger partial charge in [0.05, 0.1) is 17.3 Å². The number of carbonyl (C=O) groups excluding carboxylic acids is 1. The van der Waals surface area contributed by atoms with Crippen molar-refractivity contribution in [2.75, 3.05) is 6.54 Å². The Morgan fingerprint density at radius 1 is 1.25 bits per heavy atom. The number of rotatable bonds is 5. The van der Waals surface area contributed by atoms with Gasteiger partial charge in [0.1, 0.15) is 6.54 Å². The summed E-state index contributed by atoms with van der Waals surface area (Å²) in [5.74, 6) is -1.44. The van der Waals surface area contributed by atoms with Crippen molar-refractivity contribution >= 4 is 23.5 Å². The molecule has 1 aromatic carbocycles. The van der Waals surface area contributed by atoms with Gasteiger partial charge in [-0.05, 0) is 38.5 Å². The summed E-state index contributed by atoms with van der Waals surface area (Å²) in [6.07, 6.45) is 3.10. The van der Waals surface area contributed by atoms with Crippen molar-refractivity contribution in [1.29, 1.82) is 0 Å². The molecule has 0 atom stereocenters. The molecule has 2 rings (SSSR count). The molecule has 0 aliphatic rings. The summed E-state index contributed by atoms with van der Waals surface area (Å²) in [6, 6.07) is 6.95. The van der Waals surface area contributed by atoms with Crippen LogP contribution in [-0.4, -0.2) is 38.2 Å². The van der Waals surface area contributed by atoms with Crippen LogP contribution in [0.4, 0.5) is 0 Å². The molecule has 0 fully saturated rings. The summed E-state index contributed by atoms with van der Waals surface area (Å²) >= 11 is 5.85. The third kappa shape index (κ3) is 4.58. The van der Waals surface area contributed by atoms with E-state index in [-0.39, 0.29) is 24.5 Å². The zero-order chi connectivity index (χ0) is 17.9. The second-order valence-electron chi connectivity index (χ2n) is 6.53. The lowest BCUT2D eigenvalue weighted by Crippen LogP contribution is -2.35. The number of carboxylic acids is 1. The standard InChI is InChI=1S/C17H20ClN3O3/c1-17(2,3)21-10-13(8-19-21)16(24)20(11-15(22)23)9-12-4-6-14(18)7-5-12/h4-8,10H,9,11H2,1-3H3,(H,22,23). The molecule has 6 nitrogen and oxygen atoms in total. The normalized spacial score (nSPS) is 11.3. The van der Waals surface area contributed by atoms with E-state index in [9.17, 15) is 9.59 Å². The van der Waals surface area contributed by atoms with E-state index in [1.807, 2.05) is 20.8 Å². The third-order valence-electron chi connectivity index (χ3n) is 3.42. The number of carbonyl (C=O) groups is 2. The molecule has 0 unspecified atom stereocenters. The lowest BCUT2D eigenvalue weighted by Gasteiger charge is -2.21. The van der Waals surface area contributed by atoms with Gasteiger partial charge in [0, 0.05) is 17.8 Å². The Bertz CT molecular complexity index is 732. The zero-order valence-corrected chi connectivity index (χ0v) is 14.6. The Hall–Kier alpha value is -2.34. The number of aliphatic carboxylic acids is 1. The van der Waals surface area contributed by atoms with Crippen LogP contribution in [0.2, 0.25) is 5.02 Å². The predicted molar refractivity (Wildman–Crippen MR) is 91.1 cm³/mol. The quantitative estimate of drug-likeness (QED) is 0.900. The fourth-order valence-electron chi connectivity index (χ4n) is 2.16. The second kappa shape index (κ2) is 7.05. The molecule has 2 aromatic rings. The van der Waals surface area contributed by atoms with Gasteiger partial charge in [-0.25, -0.2) is 0 Å². The third-order valence-corrected chi connectivity index (χ3v) is 3.67. The Kier molecular flexibility index (Phi) is 5.29. The second-order valence-corrected chi connectivity index (χ2v) is 6.96. The molecule has 1 aromatic heterocycles. The lowest BCUT2D eigenvalue weighted by atomic mass is 10.1. The molecule has 0 aliphatic carbocycles. The highest BCUT2D eigenvalue weighted by Crippen LogP contribution is 2.16. The highest BCUT2D eigenvalue weighted by Gasteiger charge is 2.22. The number of aromatic nitrogens is 2. The molecule has 128 valence electrons. The van der Waals surface area contributed by atoms with Crippen LogP contribution in [0.1, 0.15) is 36.7 Å². The molecular formula is C17H20ClN3O3. The summed E-state index contributed by atoms with van der Waals surface area (Å²) in [5.41, 5.74) is 0.907. The lowest BCUT2D eigenvalue weighted by molar-refractivity contribution is -0.137. The molecule has 0 radical (unpaired) electrons. The van der Waals surface area contributed by atoms with Crippen molar-refractivity contribution in [3.05, 3.63) is 52.8 Å². The van der Waals surface area contributed by atoms with Gasteiger partial charge in [-0.15, -0.1) is 0 Å². The van der Waals surface area contributed by atoms with Crippen LogP contribution in [0.5, 0.6) is 0 Å². The Balaban J connectivity index is 2.23. The molecular weight excluding hydrogens is 330 g/mol. The van der Waals surface area contributed by atoms with E-state index >= 15 is 0 Å². The van der Waals surface area contributed by atoms with Crippen LogP contribution in [0.15, 0.2) is 36.7 Å². The minimum Gasteiger partial charge on any atom is -0.480 e. The van der Waals surface area contributed by atoms with Crippen LogP contribution < -0.4 is 0 Å². The zero-order valence-electron chi connectivity index (χ0n) is 13.9. The summed E-state index contributed by atoms with van der Waals surface area (Å²) in [5, 5.41) is 13.9. The molecule has 0 saturated carbocycles. The highest BCUT2D eigenvalue weighted by atomic mass is 35.5. The fraction of sp³-hybridized carbons (Fsp3) is 0.353. The van der Waals surface area contributed by atoms with Gasteiger partial charge in [-0.1, -0.05) is 23.7 Å². The van der Waals surface area contributed by atoms with Crippen LogP contribution in [0.25, 0.3) is 0 Å². The van der Waals surface area contributed by atoms with Crippen molar-refractivity contribution < 1.29 is 14.7 Å². The van der Waals surface area contributed by atoms with Crippen LogP contribution in [0, 0.1) is 0 Å². The van der Waals surface area contributed by atoms with Crippen LogP contribution >= 0.6 is 11.6 Å². The van der Waals surface area contributed by atoms with Crippen LogP contribution in [-0.2, 0) is 16.9 Å². The van der Waals surface area contributed by atoms with Gasteiger partial charge in [0.2, 0.25) is 0 Å². The van der Waals surface area contributed by atoms with Crippen molar-refractivity contribution in [3.8, 4) is 0 Å². The number of hydrogen-bond donors (Lipinski definition) is 1. The maximum atomic E-state index is 12.7. The van der Waals surface area contributed by atoms with Gasteiger partial charge in [-0.2, -0.15) is 5.10 Å². The van der Waals surface area contributed by atoms with E-state index in [0.717, 1.165) is 5.56 Å². The van der Waals surface area contributed by atoms with E-state index in [1.165, 1.54) is 11.1 Å². The highest BCUT2D eigenvalue weighted by molar-refractivity contribution is 6.30. The van der Waals surface area contributed by atoms with Crippen molar-refractivity contribution in [2.45, 2.75) is 32.9 Å². The minimum atomic E-state index is -1.07. The molecule has 0 bridgehead atoms. The van der Waals surface area contributed by atoms with Crippen molar-refractivity contribution in [2.24, 2.45) is 0 Å². The van der Waals surface area contributed by atoms with Gasteiger partial charge in [0.15, 0.2) is 0 Å². The van der Waals surface area contributed by atoms with Gasteiger partial charge in [0.25, 0.3) is 5.91 Å². The first-order valence-electron chi connectivity index (χ1n) is 7.47. The molecule has 1 amide bonds. The van der Waals surface area contributed by atoms with Crippen molar-refractivity contribution in [3.63, 3.8) is 0 Å². The maximum Gasteiger partial charge on any atom is 0.323 e. The first-order chi connectivity index (χ1) is 11.2. The summed E-state index contributed by atoms with van der Waals surface area (Å²) in [6.45, 7) is 5.70. The number of carboxylic acid groups (broad SMARTS) is 1. The summed E-state index contributed by atoms with van der Waals surface area (Å²) in [7, 11) is 0. The van der Waals surface area contributed by atoms with E-state index in [2.05, 4.69) is 5.10 Å². The molecule has 0 saturated heterocycles. The molecule has 1 N–H and O–H groups in total. The van der Waals surface area contributed by atoms with Crippen LogP contribution in [0.3, 0.4) is 0 Å². The Labute approximate surface area is 145 Å². The SMILES string of the molecule is CC(C)(C)n1cc(C(=O)N(CC(=O)O)Cc2ccc(Cl)cc2)cn1. The molecule has 1 heterocycles. The molecule has 7 heteroatoms. The average Bonchev–Trinajstić information content (AvgIpc) is 2.97. The number of benzene rings is 1. The van der Waals surface area contributed by atoms with Gasteiger partial charge >= 0.3 is 5.97 Å². The average molecular weight is 350 g/mol. The first kappa shape index (κ1) is 18.0. The number of hydrogen-bond acceptors (Lipinski definition) is 3. The smallest absolute Gasteiger partial charge is 0.323 e. The molecule has 24 heavy (non-hydrogen) atoms. The van der Waals surface area contributed by atoms with E-state index < -0.39 is 5.97 Å². The largest absolute Gasteiger partial charge is 0.480 e. The summed E-state index contributed by atoms with van der Waals surface area (Å²) in [4.78, 5) is 25.1. The van der Waals surface area contributed by atoms with E-state index in [4.69, 9.17) is 16.7 Å². The van der Waals surface area contributed by atoms with E-state index in [1.54, 1.807) is 35.1 Å². The number of amides is 1. The number of halogens is 1.